The van der Waals surface area contributed by atoms with Gasteiger partial charge in [-0.15, -0.1) is 0 Å². The van der Waals surface area contributed by atoms with Gasteiger partial charge >= 0.3 is 0 Å². The van der Waals surface area contributed by atoms with Crippen molar-refractivity contribution >= 4 is 28.4 Å². The number of carbonyl (C=O) groups is 1. The molecular weight excluding hydrogens is 422 g/mol. The van der Waals surface area contributed by atoms with Crippen LogP contribution >= 0.6 is 0 Å². The first-order valence-corrected chi connectivity index (χ1v) is 12.0. The number of aryl methyl sites for hydroxylation is 3. The van der Waals surface area contributed by atoms with Crippen LogP contribution < -0.4 is 10.2 Å². The predicted octanol–water partition coefficient (Wildman–Crippen LogP) is 5.90. The lowest BCUT2D eigenvalue weighted by atomic mass is 10.1. The summed E-state index contributed by atoms with van der Waals surface area (Å²) in [4.78, 5) is 25.5. The molecular formula is C28H31N5O. The van der Waals surface area contributed by atoms with Crippen molar-refractivity contribution in [2.75, 3.05) is 23.3 Å². The fourth-order valence-electron chi connectivity index (χ4n) is 4.95. The Morgan fingerprint density at radius 2 is 1.53 bits per heavy atom. The first-order valence-electron chi connectivity index (χ1n) is 12.0. The van der Waals surface area contributed by atoms with Crippen LogP contribution in [0.5, 0.6) is 0 Å². The maximum atomic E-state index is 13.5. The number of amides is 1. The quantitative estimate of drug-likeness (QED) is 0.418. The second-order valence-corrected chi connectivity index (χ2v) is 9.22. The SMILES string of the molecule is Cc1cccc(C)c1NC(=O)c1nc(N2CCCCC2)c2c(C)c(C)n(-c3ccccc3)c2n1. The Kier molecular flexibility index (Phi) is 5.82. The molecule has 0 radical (unpaired) electrons. The average Bonchev–Trinajstić information content (AvgIpc) is 3.11. The highest BCUT2D eigenvalue weighted by Crippen LogP contribution is 2.35. The summed E-state index contributed by atoms with van der Waals surface area (Å²) in [6.07, 6.45) is 3.49. The van der Waals surface area contributed by atoms with Gasteiger partial charge in [-0.3, -0.25) is 9.36 Å². The monoisotopic (exact) mass is 453 g/mol. The van der Waals surface area contributed by atoms with E-state index in [4.69, 9.17) is 9.97 Å². The van der Waals surface area contributed by atoms with E-state index in [-0.39, 0.29) is 11.7 Å². The first-order chi connectivity index (χ1) is 16.5. The summed E-state index contributed by atoms with van der Waals surface area (Å²) in [5, 5.41) is 4.11. The number of rotatable bonds is 4. The topological polar surface area (TPSA) is 63.1 Å². The zero-order valence-electron chi connectivity index (χ0n) is 20.4. The molecule has 0 aliphatic carbocycles. The van der Waals surface area contributed by atoms with E-state index in [2.05, 4.69) is 40.8 Å². The summed E-state index contributed by atoms with van der Waals surface area (Å²) >= 11 is 0. The molecule has 4 aromatic rings. The number of hydrogen-bond donors (Lipinski definition) is 1. The van der Waals surface area contributed by atoms with Gasteiger partial charge in [-0.25, -0.2) is 9.97 Å². The molecule has 6 nitrogen and oxygen atoms in total. The summed E-state index contributed by atoms with van der Waals surface area (Å²) in [6, 6.07) is 16.2. The molecule has 2 aromatic heterocycles. The largest absolute Gasteiger partial charge is 0.356 e. The van der Waals surface area contributed by atoms with E-state index < -0.39 is 0 Å². The van der Waals surface area contributed by atoms with E-state index in [1.165, 1.54) is 6.42 Å². The molecule has 6 heteroatoms. The van der Waals surface area contributed by atoms with E-state index in [1.807, 2.05) is 50.2 Å². The van der Waals surface area contributed by atoms with Crippen molar-refractivity contribution in [3.8, 4) is 5.69 Å². The molecule has 174 valence electrons. The van der Waals surface area contributed by atoms with Crippen molar-refractivity contribution in [2.24, 2.45) is 0 Å². The van der Waals surface area contributed by atoms with Crippen LogP contribution in [0.25, 0.3) is 16.7 Å². The van der Waals surface area contributed by atoms with Gasteiger partial charge in [-0.05, 0) is 75.8 Å². The second kappa shape index (κ2) is 8.93. The Morgan fingerprint density at radius 1 is 0.853 bits per heavy atom. The molecule has 2 aromatic carbocycles. The highest BCUT2D eigenvalue weighted by atomic mass is 16.2. The minimum atomic E-state index is -0.284. The maximum absolute atomic E-state index is 13.5. The molecule has 0 spiro atoms. The van der Waals surface area contributed by atoms with Crippen LogP contribution in [0.1, 0.15) is 52.3 Å². The van der Waals surface area contributed by atoms with Gasteiger partial charge in [0, 0.05) is 30.2 Å². The molecule has 1 N–H and O–H groups in total. The normalized spacial score (nSPS) is 13.9. The standard InChI is InChI=1S/C28H31N5O/c1-18-12-11-13-19(2)24(18)29-28(34)25-30-26(32-16-9-6-10-17-32)23-20(3)21(4)33(27(23)31-25)22-14-7-5-8-15-22/h5,7-8,11-15H,6,9-10,16-17H2,1-4H3,(H,29,34). The third-order valence-corrected chi connectivity index (χ3v) is 6.93. The molecule has 1 saturated heterocycles. The van der Waals surface area contributed by atoms with Gasteiger partial charge in [-0.2, -0.15) is 0 Å². The van der Waals surface area contributed by atoms with Crippen molar-refractivity contribution in [3.05, 3.63) is 76.7 Å². The average molecular weight is 454 g/mol. The number of piperidine rings is 1. The van der Waals surface area contributed by atoms with Crippen LogP contribution in [0.15, 0.2) is 48.5 Å². The molecule has 0 atom stereocenters. The number of nitrogens with one attached hydrogen (secondary N) is 1. The summed E-state index contributed by atoms with van der Waals surface area (Å²) in [5.41, 5.74) is 6.93. The number of para-hydroxylation sites is 2. The lowest BCUT2D eigenvalue weighted by Gasteiger charge is -2.28. The summed E-state index contributed by atoms with van der Waals surface area (Å²) in [5.74, 6) is 0.783. The van der Waals surface area contributed by atoms with Crippen LogP contribution in [-0.2, 0) is 0 Å². The van der Waals surface area contributed by atoms with Gasteiger partial charge in [0.05, 0.1) is 5.39 Å². The highest BCUT2D eigenvalue weighted by Gasteiger charge is 2.25. The summed E-state index contributed by atoms with van der Waals surface area (Å²) in [6.45, 7) is 10.1. The smallest absolute Gasteiger partial charge is 0.293 e. The third kappa shape index (κ3) is 3.83. The Balaban J connectivity index is 1.70. The molecule has 0 saturated carbocycles. The summed E-state index contributed by atoms with van der Waals surface area (Å²) < 4.78 is 2.15. The highest BCUT2D eigenvalue weighted by molar-refractivity contribution is 6.05. The van der Waals surface area contributed by atoms with Crippen molar-refractivity contribution in [1.82, 2.24) is 14.5 Å². The number of carbonyl (C=O) groups excluding carboxylic acids is 1. The van der Waals surface area contributed by atoms with Crippen LogP contribution in [0.2, 0.25) is 0 Å². The Labute approximate surface area is 200 Å². The Morgan fingerprint density at radius 3 is 2.21 bits per heavy atom. The Bertz CT molecular complexity index is 1350. The predicted molar refractivity (Wildman–Crippen MR) is 138 cm³/mol. The van der Waals surface area contributed by atoms with Crippen molar-refractivity contribution in [3.63, 3.8) is 0 Å². The van der Waals surface area contributed by atoms with E-state index in [0.29, 0.717) is 0 Å². The zero-order valence-corrected chi connectivity index (χ0v) is 20.4. The lowest BCUT2D eigenvalue weighted by molar-refractivity contribution is 0.101. The van der Waals surface area contributed by atoms with Gasteiger partial charge < -0.3 is 10.2 Å². The number of fused-ring (bicyclic) bond motifs is 1. The van der Waals surface area contributed by atoms with Crippen LogP contribution in [-0.4, -0.2) is 33.5 Å². The molecule has 1 fully saturated rings. The first kappa shape index (κ1) is 22.1. The molecule has 34 heavy (non-hydrogen) atoms. The number of benzene rings is 2. The van der Waals surface area contributed by atoms with Gasteiger partial charge in [0.1, 0.15) is 5.82 Å². The molecule has 5 rings (SSSR count). The van der Waals surface area contributed by atoms with Crippen LogP contribution in [0.4, 0.5) is 11.5 Å². The molecule has 1 aliphatic heterocycles. The third-order valence-electron chi connectivity index (χ3n) is 6.93. The van der Waals surface area contributed by atoms with Crippen molar-refractivity contribution in [1.29, 1.82) is 0 Å². The molecule has 3 heterocycles. The molecule has 1 aliphatic rings. The van der Waals surface area contributed by atoms with E-state index >= 15 is 0 Å². The molecule has 0 unspecified atom stereocenters. The number of hydrogen-bond acceptors (Lipinski definition) is 4. The second-order valence-electron chi connectivity index (χ2n) is 9.22. The minimum absolute atomic E-state index is 0.199. The fraction of sp³-hybridized carbons (Fsp3) is 0.321. The zero-order chi connectivity index (χ0) is 23.8. The van der Waals surface area contributed by atoms with E-state index in [9.17, 15) is 4.79 Å². The number of aromatic nitrogens is 3. The molecule has 0 bridgehead atoms. The van der Waals surface area contributed by atoms with Crippen molar-refractivity contribution in [2.45, 2.75) is 47.0 Å². The van der Waals surface area contributed by atoms with Gasteiger partial charge in [-0.1, -0.05) is 36.4 Å². The van der Waals surface area contributed by atoms with Crippen LogP contribution in [0.3, 0.4) is 0 Å². The minimum Gasteiger partial charge on any atom is -0.356 e. The van der Waals surface area contributed by atoms with Crippen LogP contribution in [0, 0.1) is 27.7 Å². The van der Waals surface area contributed by atoms with Gasteiger partial charge in [0.2, 0.25) is 5.82 Å². The maximum Gasteiger partial charge on any atom is 0.293 e. The number of anilines is 2. The number of nitrogens with zero attached hydrogens (tertiary/aromatic N) is 4. The lowest BCUT2D eigenvalue weighted by Crippen LogP contribution is -2.31. The van der Waals surface area contributed by atoms with E-state index in [0.717, 1.165) is 76.5 Å². The molecule has 1 amide bonds. The van der Waals surface area contributed by atoms with E-state index in [1.54, 1.807) is 0 Å². The van der Waals surface area contributed by atoms with Crippen molar-refractivity contribution < 1.29 is 4.79 Å². The summed E-state index contributed by atoms with van der Waals surface area (Å²) in [7, 11) is 0. The fourth-order valence-corrected chi connectivity index (χ4v) is 4.95. The van der Waals surface area contributed by atoms with Gasteiger partial charge in [0.25, 0.3) is 5.91 Å². The Hall–Kier alpha value is -3.67. The van der Waals surface area contributed by atoms with Gasteiger partial charge in [0.15, 0.2) is 5.65 Å².